The Kier molecular flexibility index (Phi) is 2.11. The average Bonchev–Trinajstić information content (AvgIpc) is 1.37. The highest BCUT2D eigenvalue weighted by Gasteiger charge is 1.29. The molecule has 0 aromatic rings. The third-order valence-electron chi connectivity index (χ3n) is 0.0772. The quantitative estimate of drug-likeness (QED) is 0.368. The third-order valence-corrected chi connectivity index (χ3v) is 0.0772. The van der Waals surface area contributed by atoms with E-state index in [0.717, 1.165) is 0 Å². The zero-order chi connectivity index (χ0) is 3.41. The van der Waals surface area contributed by atoms with E-state index in [-0.39, 0.29) is 6.33 Å². The molecule has 0 saturated carbocycles. The van der Waals surface area contributed by atoms with Crippen LogP contribution in [0.15, 0.2) is 18.6 Å². The Morgan fingerprint density at radius 1 is 2.00 bits per heavy atom. The molecule has 0 radical (unpaired) electrons. The first-order valence-electron chi connectivity index (χ1n) is 0.860. The lowest BCUT2D eigenvalue weighted by Gasteiger charge is -1.34. The number of halogens is 1. The second kappa shape index (κ2) is 2.45. The number of hydrogen-bond acceptors (Lipinski definition) is 0. The van der Waals surface area contributed by atoms with Crippen molar-refractivity contribution in [2.45, 2.75) is 0 Å². The molecule has 0 aromatic carbocycles. The normalized spacial score (nSPS) is 4.25. The Bertz CT molecular complexity index is 41.2. The second-order valence-corrected chi connectivity index (χ2v) is 0.313. The molecule has 4 heavy (non-hydrogen) atoms. The van der Waals surface area contributed by atoms with Crippen LogP contribution >= 0.6 is 0 Å². The summed E-state index contributed by atoms with van der Waals surface area (Å²) in [7, 11) is 0. The molecule has 0 aromatic heterocycles. The molecule has 0 amide bonds. The minimum absolute atomic E-state index is 0.264. The number of hydrogen-bond donors (Lipinski definition) is 0. The monoisotopic (exact) mass is 58.0 g/mol. The summed E-state index contributed by atoms with van der Waals surface area (Å²) < 4.78 is 10.4. The topological polar surface area (TPSA) is 0 Å². The van der Waals surface area contributed by atoms with Crippen molar-refractivity contribution in [2.75, 3.05) is 0 Å². The molecule has 1 heteroatoms. The molecular weight excluding hydrogens is 55.0 g/mol. The Morgan fingerprint density at radius 2 is 2.25 bits per heavy atom. The van der Waals surface area contributed by atoms with Gasteiger partial charge in [0.25, 0.3) is 0 Å². The minimum atomic E-state index is 0.264. The molecule has 0 fully saturated rings. The highest BCUT2D eigenvalue weighted by Crippen LogP contribution is 1.54. The molecule has 0 nitrogen and oxygen atoms in total. The van der Waals surface area contributed by atoms with Crippen LogP contribution < -0.4 is 0 Å². The lowest BCUT2D eigenvalue weighted by atomic mass is 11.0. The summed E-state index contributed by atoms with van der Waals surface area (Å²) in [6, 6.07) is 0. The fourth-order valence-electron chi connectivity index (χ4n) is 0. The van der Waals surface area contributed by atoms with Crippen molar-refractivity contribution in [3.8, 4) is 0 Å². The SMILES string of the molecule is C=C=CF. The molecule has 0 atom stereocenters. The summed E-state index contributed by atoms with van der Waals surface area (Å²) >= 11 is 0. The molecule has 22 valence electrons. The molecule has 0 heterocycles. The molecule has 0 saturated heterocycles. The van der Waals surface area contributed by atoms with Crippen molar-refractivity contribution in [1.82, 2.24) is 0 Å². The lowest BCUT2D eigenvalue weighted by Crippen LogP contribution is -1.09. The second-order valence-electron chi connectivity index (χ2n) is 0.313. The van der Waals surface area contributed by atoms with Crippen molar-refractivity contribution in [1.29, 1.82) is 0 Å². The van der Waals surface area contributed by atoms with Gasteiger partial charge in [0, 0.05) is 0 Å². The molecule has 0 aliphatic carbocycles. The maximum Gasteiger partial charge on any atom is 0.128 e. The van der Waals surface area contributed by atoms with E-state index in [2.05, 4.69) is 6.58 Å². The van der Waals surface area contributed by atoms with Crippen LogP contribution in [-0.4, -0.2) is 0 Å². The molecule has 0 unspecified atom stereocenters. The number of rotatable bonds is 0. The molecule has 0 rings (SSSR count). The van der Waals surface area contributed by atoms with Crippen LogP contribution in [0.25, 0.3) is 0 Å². The van der Waals surface area contributed by atoms with Crippen LogP contribution in [0.3, 0.4) is 0 Å². The Hall–Kier alpha value is -0.550. The summed E-state index contributed by atoms with van der Waals surface area (Å²) in [6.07, 6.45) is 0.264. The van der Waals surface area contributed by atoms with E-state index in [4.69, 9.17) is 0 Å². The van der Waals surface area contributed by atoms with Crippen LogP contribution in [0.1, 0.15) is 0 Å². The van der Waals surface area contributed by atoms with Gasteiger partial charge in [-0.15, -0.1) is 0 Å². The molecular formula is C3H3F. The van der Waals surface area contributed by atoms with Crippen molar-refractivity contribution >= 4 is 0 Å². The van der Waals surface area contributed by atoms with Gasteiger partial charge < -0.3 is 0 Å². The fourth-order valence-corrected chi connectivity index (χ4v) is 0. The predicted octanol–water partition coefficient (Wildman–Crippen LogP) is 1.25. The largest absolute Gasteiger partial charge is 0.206 e. The zero-order valence-electron chi connectivity index (χ0n) is 2.16. The maximum atomic E-state index is 10.4. The van der Waals surface area contributed by atoms with Gasteiger partial charge in [-0.3, -0.25) is 0 Å². The van der Waals surface area contributed by atoms with Crippen molar-refractivity contribution in [2.24, 2.45) is 0 Å². The van der Waals surface area contributed by atoms with Crippen LogP contribution in [0.4, 0.5) is 4.39 Å². The van der Waals surface area contributed by atoms with Crippen LogP contribution in [0.5, 0.6) is 0 Å². The van der Waals surface area contributed by atoms with Gasteiger partial charge in [-0.25, -0.2) is 4.39 Å². The predicted molar refractivity (Wildman–Crippen MR) is 14.8 cm³/mol. The highest BCUT2D eigenvalue weighted by molar-refractivity contribution is 4.60. The van der Waals surface area contributed by atoms with Gasteiger partial charge in [0.05, 0.1) is 0 Å². The highest BCUT2D eigenvalue weighted by atomic mass is 19.1. The van der Waals surface area contributed by atoms with Gasteiger partial charge in [0.1, 0.15) is 6.33 Å². The molecule has 0 spiro atoms. The Morgan fingerprint density at radius 3 is 2.25 bits per heavy atom. The summed E-state index contributed by atoms with van der Waals surface area (Å²) in [5.41, 5.74) is 1.89. The first kappa shape index (κ1) is 3.45. The maximum absolute atomic E-state index is 10.4. The molecule has 0 aliphatic heterocycles. The van der Waals surface area contributed by atoms with Crippen molar-refractivity contribution in [3.05, 3.63) is 18.6 Å². The lowest BCUT2D eigenvalue weighted by molar-refractivity contribution is 0.723. The summed E-state index contributed by atoms with van der Waals surface area (Å²) in [4.78, 5) is 0. The molecule has 0 aliphatic rings. The summed E-state index contributed by atoms with van der Waals surface area (Å²) in [6.45, 7) is 2.92. The van der Waals surface area contributed by atoms with Crippen molar-refractivity contribution < 1.29 is 4.39 Å². The zero-order valence-corrected chi connectivity index (χ0v) is 2.16. The smallest absolute Gasteiger partial charge is 0.128 e. The van der Waals surface area contributed by atoms with Crippen molar-refractivity contribution in [3.63, 3.8) is 0 Å². The summed E-state index contributed by atoms with van der Waals surface area (Å²) in [5, 5.41) is 0. The Balaban J connectivity index is 3.11. The third kappa shape index (κ3) is 1.45. The fraction of sp³-hybridized carbons (Fsp3) is 0. The first-order valence-corrected chi connectivity index (χ1v) is 0.860. The summed E-state index contributed by atoms with van der Waals surface area (Å²) in [5.74, 6) is 0. The van der Waals surface area contributed by atoms with Gasteiger partial charge in [-0.2, -0.15) is 0 Å². The van der Waals surface area contributed by atoms with Gasteiger partial charge >= 0.3 is 0 Å². The van der Waals surface area contributed by atoms with Crippen LogP contribution in [-0.2, 0) is 0 Å². The van der Waals surface area contributed by atoms with Gasteiger partial charge in [0.15, 0.2) is 0 Å². The van der Waals surface area contributed by atoms with Gasteiger partial charge in [-0.05, 0) is 0 Å². The van der Waals surface area contributed by atoms with E-state index in [1.54, 1.807) is 0 Å². The van der Waals surface area contributed by atoms with E-state index in [9.17, 15) is 4.39 Å². The van der Waals surface area contributed by atoms with E-state index in [0.29, 0.717) is 0 Å². The van der Waals surface area contributed by atoms with E-state index in [1.165, 1.54) is 0 Å². The minimum Gasteiger partial charge on any atom is -0.206 e. The standard InChI is InChI=1S/C3H3F/c1-2-3-4/h3H,1H2. The van der Waals surface area contributed by atoms with E-state index >= 15 is 0 Å². The first-order chi connectivity index (χ1) is 1.91. The van der Waals surface area contributed by atoms with Gasteiger partial charge in [-0.1, -0.05) is 12.3 Å². The molecule has 0 N–H and O–H groups in total. The molecule has 0 bridgehead atoms. The van der Waals surface area contributed by atoms with E-state index in [1.807, 2.05) is 5.73 Å². The average molecular weight is 58.1 g/mol. The Labute approximate surface area is 24.3 Å². The van der Waals surface area contributed by atoms with Crippen LogP contribution in [0.2, 0.25) is 0 Å². The van der Waals surface area contributed by atoms with Crippen LogP contribution in [0, 0.1) is 0 Å². The van der Waals surface area contributed by atoms with E-state index < -0.39 is 0 Å². The van der Waals surface area contributed by atoms with Gasteiger partial charge in [0.2, 0.25) is 0 Å².